The molecule has 0 aromatic heterocycles. The fourth-order valence-electron chi connectivity index (χ4n) is 2.27. The monoisotopic (exact) mass is 328 g/mol. The van der Waals surface area contributed by atoms with Gasteiger partial charge in [-0.05, 0) is 17.2 Å². The molecule has 1 atom stereocenters. The zero-order valence-corrected chi connectivity index (χ0v) is 12.8. The number of hydrogen-bond donors (Lipinski definition) is 0. The van der Waals surface area contributed by atoms with Crippen molar-refractivity contribution in [2.75, 3.05) is 0 Å². The van der Waals surface area contributed by atoms with Crippen molar-refractivity contribution in [1.29, 1.82) is 0 Å². The lowest BCUT2D eigenvalue weighted by molar-refractivity contribution is -0.166. The summed E-state index contributed by atoms with van der Waals surface area (Å²) in [6, 6.07) is 18.6. The molecule has 0 aliphatic carbocycles. The Morgan fingerprint density at radius 1 is 1.00 bits per heavy atom. The van der Waals surface area contributed by atoms with Crippen LogP contribution in [0.4, 0.5) is 0 Å². The summed E-state index contributed by atoms with van der Waals surface area (Å²) in [4.78, 5) is 23.6. The van der Waals surface area contributed by atoms with Crippen LogP contribution in [0.25, 0.3) is 0 Å². The Balaban J connectivity index is 1.90. The van der Waals surface area contributed by atoms with E-state index in [9.17, 15) is 9.59 Å². The van der Waals surface area contributed by atoms with Crippen molar-refractivity contribution in [3.05, 3.63) is 83.9 Å². The summed E-state index contributed by atoms with van der Waals surface area (Å²) in [5, 5.41) is -1.90. The van der Waals surface area contributed by atoms with Crippen molar-refractivity contribution in [1.82, 2.24) is 0 Å². The Bertz CT molecular complexity index is 703. The van der Waals surface area contributed by atoms with Gasteiger partial charge in [-0.2, -0.15) is 0 Å². The molecule has 116 valence electrons. The molecule has 0 bridgehead atoms. The van der Waals surface area contributed by atoms with E-state index in [1.54, 1.807) is 0 Å². The highest BCUT2D eigenvalue weighted by Gasteiger charge is 2.44. The SMILES string of the molecule is O=C1C=CC(Cl)(C(=O)OC(c2ccccc2)c2ccccc2)O1. The predicted molar refractivity (Wildman–Crippen MR) is 84.6 cm³/mol. The van der Waals surface area contributed by atoms with Crippen LogP contribution in [0.15, 0.2) is 72.8 Å². The number of rotatable bonds is 4. The first kappa shape index (κ1) is 15.3. The number of esters is 2. The van der Waals surface area contributed by atoms with Gasteiger partial charge in [-0.15, -0.1) is 0 Å². The topological polar surface area (TPSA) is 52.6 Å². The standard InChI is InChI=1S/C18H13ClO4/c19-18(12-11-15(20)23-18)17(21)22-16(13-7-3-1-4-8-13)14-9-5-2-6-10-14/h1-12,16H. The summed E-state index contributed by atoms with van der Waals surface area (Å²) in [6.45, 7) is 0. The van der Waals surface area contributed by atoms with Gasteiger partial charge in [0.15, 0.2) is 6.10 Å². The molecule has 0 spiro atoms. The minimum Gasteiger partial charge on any atom is -0.448 e. The van der Waals surface area contributed by atoms with Gasteiger partial charge in [-0.3, -0.25) is 0 Å². The third-order valence-corrected chi connectivity index (χ3v) is 3.75. The number of ether oxygens (including phenoxy) is 2. The van der Waals surface area contributed by atoms with Gasteiger partial charge < -0.3 is 9.47 Å². The second-order valence-electron chi connectivity index (χ2n) is 5.01. The van der Waals surface area contributed by atoms with Gasteiger partial charge in [0, 0.05) is 6.08 Å². The zero-order chi connectivity index (χ0) is 16.3. The molecule has 0 N–H and O–H groups in total. The van der Waals surface area contributed by atoms with Gasteiger partial charge in [-0.25, -0.2) is 9.59 Å². The average molecular weight is 329 g/mol. The van der Waals surface area contributed by atoms with Crippen molar-refractivity contribution in [2.24, 2.45) is 0 Å². The van der Waals surface area contributed by atoms with Gasteiger partial charge in [0.1, 0.15) is 0 Å². The Morgan fingerprint density at radius 2 is 1.52 bits per heavy atom. The number of carbonyl (C=O) groups is 2. The van der Waals surface area contributed by atoms with Crippen LogP contribution in [-0.4, -0.2) is 17.0 Å². The van der Waals surface area contributed by atoms with Gasteiger partial charge in [0.25, 0.3) is 0 Å². The summed E-state index contributed by atoms with van der Waals surface area (Å²) < 4.78 is 10.4. The van der Waals surface area contributed by atoms with E-state index in [2.05, 4.69) is 0 Å². The molecule has 4 nitrogen and oxygen atoms in total. The summed E-state index contributed by atoms with van der Waals surface area (Å²) in [5.74, 6) is -1.51. The van der Waals surface area contributed by atoms with Crippen LogP contribution in [0.2, 0.25) is 0 Å². The van der Waals surface area contributed by atoms with Crippen LogP contribution in [0.3, 0.4) is 0 Å². The van der Waals surface area contributed by atoms with Crippen LogP contribution < -0.4 is 0 Å². The first-order valence-corrected chi connectivity index (χ1v) is 7.38. The molecule has 0 fully saturated rings. The number of alkyl halides is 1. The van der Waals surface area contributed by atoms with Gasteiger partial charge in [0.2, 0.25) is 0 Å². The van der Waals surface area contributed by atoms with Crippen LogP contribution >= 0.6 is 11.6 Å². The molecule has 1 aliphatic rings. The second-order valence-corrected chi connectivity index (χ2v) is 5.57. The summed E-state index contributed by atoms with van der Waals surface area (Å²) in [7, 11) is 0. The van der Waals surface area contributed by atoms with Crippen LogP contribution in [0.1, 0.15) is 17.2 Å². The molecule has 1 aliphatic heterocycles. The number of benzene rings is 2. The smallest absolute Gasteiger partial charge is 0.372 e. The third kappa shape index (κ3) is 3.27. The number of cyclic esters (lactones) is 1. The Hall–Kier alpha value is -2.59. The largest absolute Gasteiger partial charge is 0.448 e. The maximum absolute atomic E-state index is 12.4. The van der Waals surface area contributed by atoms with E-state index in [0.717, 1.165) is 17.2 Å². The van der Waals surface area contributed by atoms with Crippen molar-refractivity contribution in [3.63, 3.8) is 0 Å². The fourth-order valence-corrected chi connectivity index (χ4v) is 2.45. The first-order chi connectivity index (χ1) is 11.1. The third-order valence-electron chi connectivity index (χ3n) is 3.39. The number of carbonyl (C=O) groups excluding carboxylic acids is 2. The molecule has 1 heterocycles. The molecule has 23 heavy (non-hydrogen) atoms. The van der Waals surface area contributed by atoms with E-state index in [-0.39, 0.29) is 0 Å². The van der Waals surface area contributed by atoms with Gasteiger partial charge >= 0.3 is 17.0 Å². The lowest BCUT2D eigenvalue weighted by Crippen LogP contribution is -2.34. The van der Waals surface area contributed by atoms with E-state index in [1.165, 1.54) is 6.08 Å². The Kier molecular flexibility index (Phi) is 4.17. The quantitative estimate of drug-likeness (QED) is 0.638. The molecule has 3 rings (SSSR count). The molecule has 2 aromatic rings. The maximum Gasteiger partial charge on any atom is 0.372 e. The van der Waals surface area contributed by atoms with E-state index < -0.39 is 23.1 Å². The van der Waals surface area contributed by atoms with E-state index in [1.807, 2.05) is 60.7 Å². The van der Waals surface area contributed by atoms with Crippen molar-refractivity contribution >= 4 is 23.5 Å². The fraction of sp³-hybridized carbons (Fsp3) is 0.111. The van der Waals surface area contributed by atoms with E-state index in [0.29, 0.717) is 0 Å². The highest BCUT2D eigenvalue weighted by Crippen LogP contribution is 2.32. The van der Waals surface area contributed by atoms with E-state index in [4.69, 9.17) is 21.1 Å². The Morgan fingerprint density at radius 3 is 1.96 bits per heavy atom. The second kappa shape index (κ2) is 6.26. The summed E-state index contributed by atoms with van der Waals surface area (Å²) >= 11 is 6.03. The predicted octanol–water partition coefficient (Wildman–Crippen LogP) is 3.37. The minimum absolute atomic E-state index is 0.645. The first-order valence-electron chi connectivity index (χ1n) is 7.00. The summed E-state index contributed by atoms with van der Waals surface area (Å²) in [5.41, 5.74) is 1.58. The number of hydrogen-bond acceptors (Lipinski definition) is 4. The lowest BCUT2D eigenvalue weighted by Gasteiger charge is -2.23. The van der Waals surface area contributed by atoms with Crippen LogP contribution in [-0.2, 0) is 19.1 Å². The van der Waals surface area contributed by atoms with Gasteiger partial charge in [0.05, 0.1) is 0 Å². The summed E-state index contributed by atoms with van der Waals surface area (Å²) in [6.07, 6.45) is 1.65. The average Bonchev–Trinajstić information content (AvgIpc) is 2.94. The highest BCUT2D eigenvalue weighted by molar-refractivity contribution is 6.36. The maximum atomic E-state index is 12.4. The Labute approximate surface area is 138 Å². The van der Waals surface area contributed by atoms with Crippen LogP contribution in [0, 0.1) is 0 Å². The minimum atomic E-state index is -1.90. The molecule has 0 saturated carbocycles. The normalized spacial score (nSPS) is 19.7. The number of halogens is 1. The van der Waals surface area contributed by atoms with E-state index >= 15 is 0 Å². The molecule has 0 radical (unpaired) electrons. The zero-order valence-electron chi connectivity index (χ0n) is 12.0. The van der Waals surface area contributed by atoms with Crippen molar-refractivity contribution in [3.8, 4) is 0 Å². The molecule has 2 aromatic carbocycles. The molecule has 5 heteroatoms. The molecular formula is C18H13ClO4. The van der Waals surface area contributed by atoms with Crippen molar-refractivity contribution in [2.45, 2.75) is 11.2 Å². The van der Waals surface area contributed by atoms with Crippen LogP contribution in [0.5, 0.6) is 0 Å². The molecule has 0 saturated heterocycles. The molecule has 1 unspecified atom stereocenters. The highest BCUT2D eigenvalue weighted by atomic mass is 35.5. The molecular weight excluding hydrogens is 316 g/mol. The van der Waals surface area contributed by atoms with Gasteiger partial charge in [-0.1, -0.05) is 72.3 Å². The lowest BCUT2D eigenvalue weighted by atomic mass is 10.0. The molecule has 0 amide bonds. The van der Waals surface area contributed by atoms with Crippen molar-refractivity contribution < 1.29 is 19.1 Å².